The van der Waals surface area contributed by atoms with E-state index in [1.807, 2.05) is 0 Å². The van der Waals surface area contributed by atoms with Crippen molar-refractivity contribution in [3.8, 4) is 0 Å². The first kappa shape index (κ1) is 16.0. The number of aromatic nitrogens is 2. The fraction of sp³-hybridized carbons (Fsp3) is 0.0714. The number of amides is 2. The van der Waals surface area contributed by atoms with Gasteiger partial charge in [0.25, 0.3) is 11.8 Å². The van der Waals surface area contributed by atoms with Crippen LogP contribution in [0.25, 0.3) is 0 Å². The molecule has 0 aliphatic carbocycles. The van der Waals surface area contributed by atoms with Gasteiger partial charge in [-0.2, -0.15) is 5.10 Å². The summed E-state index contributed by atoms with van der Waals surface area (Å²) in [6.45, 7) is 3.68. The Morgan fingerprint density at radius 2 is 2.17 bits per heavy atom. The Morgan fingerprint density at radius 3 is 2.87 bits per heavy atom. The summed E-state index contributed by atoms with van der Waals surface area (Å²) in [5, 5.41) is 13.5. The number of carbonyl (C=O) groups is 2. The number of aromatic amines is 1. The summed E-state index contributed by atoms with van der Waals surface area (Å²) >= 11 is 0. The van der Waals surface area contributed by atoms with Crippen LogP contribution in [-0.2, 0) is 0 Å². The molecule has 0 aliphatic heterocycles. The molecule has 2 amide bonds. The highest BCUT2D eigenvalue weighted by Crippen LogP contribution is 2.23. The van der Waals surface area contributed by atoms with Gasteiger partial charge in [0.15, 0.2) is 0 Å². The normalized spacial score (nSPS) is 9.96. The second-order valence-electron chi connectivity index (χ2n) is 4.34. The minimum Gasteiger partial charge on any atom is -0.347 e. The van der Waals surface area contributed by atoms with Crippen molar-refractivity contribution < 1.29 is 14.0 Å². The molecular weight excluding hydrogens is 305 g/mol. The van der Waals surface area contributed by atoms with Crippen LogP contribution in [-0.4, -0.2) is 28.6 Å². The molecule has 0 saturated carbocycles. The molecular formula is C14H12FN5O3. The van der Waals surface area contributed by atoms with E-state index in [1.54, 1.807) is 0 Å². The molecule has 0 atom stereocenters. The van der Waals surface area contributed by atoms with Crippen LogP contribution >= 0.6 is 0 Å². The maximum absolute atomic E-state index is 13.8. The Labute approximate surface area is 129 Å². The Hall–Kier alpha value is -3.36. The fourth-order valence-electron chi connectivity index (χ4n) is 1.81. The molecule has 0 saturated heterocycles. The van der Waals surface area contributed by atoms with E-state index in [1.165, 1.54) is 24.4 Å². The highest BCUT2D eigenvalue weighted by atomic mass is 19.1. The number of rotatable bonds is 6. The summed E-state index contributed by atoms with van der Waals surface area (Å²) in [6.07, 6.45) is 2.67. The fourth-order valence-corrected chi connectivity index (χ4v) is 1.81. The van der Waals surface area contributed by atoms with E-state index in [-0.39, 0.29) is 23.6 Å². The molecule has 23 heavy (non-hydrogen) atoms. The average molecular weight is 317 g/mol. The summed E-state index contributed by atoms with van der Waals surface area (Å²) in [5.74, 6) is -2.35. The Morgan fingerprint density at radius 1 is 1.39 bits per heavy atom. The van der Waals surface area contributed by atoms with Crippen molar-refractivity contribution in [2.75, 3.05) is 11.9 Å². The third-order valence-corrected chi connectivity index (χ3v) is 2.84. The van der Waals surface area contributed by atoms with Crippen molar-refractivity contribution in [2.24, 2.45) is 5.18 Å². The number of hydrogen-bond donors (Lipinski definition) is 3. The molecule has 1 heterocycles. The van der Waals surface area contributed by atoms with Gasteiger partial charge in [0, 0.05) is 6.54 Å². The van der Waals surface area contributed by atoms with E-state index in [9.17, 15) is 18.9 Å². The lowest BCUT2D eigenvalue weighted by Gasteiger charge is -2.07. The van der Waals surface area contributed by atoms with Crippen molar-refractivity contribution in [2.45, 2.75) is 0 Å². The van der Waals surface area contributed by atoms with E-state index in [0.717, 1.165) is 6.07 Å². The first-order valence-corrected chi connectivity index (χ1v) is 6.44. The van der Waals surface area contributed by atoms with Crippen LogP contribution in [0.1, 0.15) is 20.8 Å². The molecule has 0 spiro atoms. The zero-order valence-electron chi connectivity index (χ0n) is 11.8. The largest absolute Gasteiger partial charge is 0.347 e. The van der Waals surface area contributed by atoms with Gasteiger partial charge in [0.1, 0.15) is 22.8 Å². The van der Waals surface area contributed by atoms with Crippen molar-refractivity contribution >= 4 is 23.2 Å². The summed E-state index contributed by atoms with van der Waals surface area (Å²) in [6, 6.07) is 3.49. The van der Waals surface area contributed by atoms with E-state index < -0.39 is 23.2 Å². The number of nitrogens with zero attached hydrogens (tertiary/aromatic N) is 2. The topological polar surface area (TPSA) is 116 Å². The number of nitroso groups, excluding NO2 is 1. The molecule has 2 rings (SSSR count). The maximum atomic E-state index is 13.8. The van der Waals surface area contributed by atoms with Crippen molar-refractivity contribution in [1.82, 2.24) is 15.5 Å². The van der Waals surface area contributed by atoms with Crippen LogP contribution in [0.2, 0.25) is 0 Å². The SMILES string of the molecule is C=CCNC(=O)c1[nH]ncc1NC(=O)c1c(F)cccc1N=O. The third kappa shape index (κ3) is 3.46. The summed E-state index contributed by atoms with van der Waals surface area (Å²) in [7, 11) is 0. The van der Waals surface area contributed by atoms with E-state index in [0.29, 0.717) is 0 Å². The molecule has 0 radical (unpaired) electrons. The van der Waals surface area contributed by atoms with E-state index in [4.69, 9.17) is 0 Å². The zero-order chi connectivity index (χ0) is 16.8. The molecule has 0 bridgehead atoms. The van der Waals surface area contributed by atoms with Crippen molar-refractivity contribution in [3.05, 3.63) is 59.0 Å². The van der Waals surface area contributed by atoms with Crippen LogP contribution in [0.15, 0.2) is 42.2 Å². The number of H-pyrrole nitrogens is 1. The van der Waals surface area contributed by atoms with Crippen molar-refractivity contribution in [3.63, 3.8) is 0 Å². The molecule has 1 aromatic carbocycles. The molecule has 8 nitrogen and oxygen atoms in total. The number of halogens is 1. The lowest BCUT2D eigenvalue weighted by molar-refractivity contribution is 0.0954. The van der Waals surface area contributed by atoms with Crippen molar-refractivity contribution in [1.29, 1.82) is 0 Å². The molecule has 0 unspecified atom stereocenters. The molecule has 118 valence electrons. The van der Waals surface area contributed by atoms with Gasteiger partial charge in [-0.15, -0.1) is 11.5 Å². The molecule has 3 N–H and O–H groups in total. The predicted octanol–water partition coefficient (Wildman–Crippen LogP) is 2.11. The first-order chi connectivity index (χ1) is 11.1. The molecule has 0 fully saturated rings. The number of benzene rings is 1. The molecule has 2 aromatic rings. The van der Waals surface area contributed by atoms with Gasteiger partial charge in [0.2, 0.25) is 0 Å². The maximum Gasteiger partial charge on any atom is 0.271 e. The predicted molar refractivity (Wildman–Crippen MR) is 80.9 cm³/mol. The minimum absolute atomic E-state index is 0.0165. The summed E-state index contributed by atoms with van der Waals surface area (Å²) < 4.78 is 13.8. The van der Waals surface area contributed by atoms with Gasteiger partial charge < -0.3 is 10.6 Å². The average Bonchev–Trinajstić information content (AvgIpc) is 3.00. The number of carbonyl (C=O) groups excluding carboxylic acids is 2. The van der Waals surface area contributed by atoms with E-state index in [2.05, 4.69) is 32.6 Å². The molecule has 0 aliphatic rings. The lowest BCUT2D eigenvalue weighted by atomic mass is 10.1. The van der Waals surface area contributed by atoms with Crippen LogP contribution in [0.5, 0.6) is 0 Å². The van der Waals surface area contributed by atoms with Gasteiger partial charge in [-0.3, -0.25) is 14.7 Å². The molecule has 9 heteroatoms. The number of hydrogen-bond acceptors (Lipinski definition) is 5. The van der Waals surface area contributed by atoms with Gasteiger partial charge in [-0.25, -0.2) is 4.39 Å². The smallest absolute Gasteiger partial charge is 0.271 e. The monoisotopic (exact) mass is 317 g/mol. The van der Waals surface area contributed by atoms with Crippen LogP contribution in [0, 0.1) is 10.7 Å². The first-order valence-electron chi connectivity index (χ1n) is 6.44. The molecule has 1 aromatic heterocycles. The lowest BCUT2D eigenvalue weighted by Crippen LogP contribution is -2.25. The Balaban J connectivity index is 2.26. The van der Waals surface area contributed by atoms with Crippen LogP contribution < -0.4 is 10.6 Å². The second-order valence-corrected chi connectivity index (χ2v) is 4.34. The number of anilines is 1. The Bertz CT molecular complexity index is 772. The van der Waals surface area contributed by atoms with Gasteiger partial charge in [-0.05, 0) is 17.3 Å². The Kier molecular flexibility index (Phi) is 4.92. The van der Waals surface area contributed by atoms with Crippen LogP contribution in [0.3, 0.4) is 0 Å². The highest BCUT2D eigenvalue weighted by molar-refractivity contribution is 6.10. The van der Waals surface area contributed by atoms with Gasteiger partial charge in [0.05, 0.1) is 11.9 Å². The van der Waals surface area contributed by atoms with Gasteiger partial charge >= 0.3 is 0 Å². The quantitative estimate of drug-likeness (QED) is 0.559. The minimum atomic E-state index is -0.920. The summed E-state index contributed by atoms with van der Waals surface area (Å²) in [5.41, 5.74) is -0.835. The standard InChI is InChI=1S/C14H12FN5O3/c1-2-6-16-14(22)12-10(7-17-19-12)18-13(21)11-8(15)4-3-5-9(11)20-23/h2-5,7H,1,6H2,(H,16,22)(H,17,19)(H,18,21). The number of nitrogens with one attached hydrogen (secondary N) is 3. The van der Waals surface area contributed by atoms with Crippen LogP contribution in [0.4, 0.5) is 15.8 Å². The third-order valence-electron chi connectivity index (χ3n) is 2.84. The van der Waals surface area contributed by atoms with Gasteiger partial charge in [-0.1, -0.05) is 12.1 Å². The van der Waals surface area contributed by atoms with E-state index >= 15 is 0 Å². The second kappa shape index (κ2) is 7.07. The summed E-state index contributed by atoms with van der Waals surface area (Å²) in [4.78, 5) is 34.7. The zero-order valence-corrected chi connectivity index (χ0v) is 11.8. The highest BCUT2D eigenvalue weighted by Gasteiger charge is 2.21.